The van der Waals surface area contributed by atoms with Crippen LogP contribution >= 0.6 is 11.6 Å². The molecule has 1 saturated heterocycles. The first kappa shape index (κ1) is 13.8. The minimum atomic E-state index is 0.104. The summed E-state index contributed by atoms with van der Waals surface area (Å²) in [4.78, 5) is 11.1. The van der Waals surface area contributed by atoms with Gasteiger partial charge in [0.05, 0.1) is 0 Å². The fourth-order valence-electron chi connectivity index (χ4n) is 3.11. The number of rotatable bonds is 2. The number of nitrogens with zero attached hydrogens (tertiary/aromatic N) is 3. The molecule has 0 bridgehead atoms. The molecule has 0 aliphatic carbocycles. The third kappa shape index (κ3) is 2.04. The van der Waals surface area contributed by atoms with Gasteiger partial charge in [-0.3, -0.25) is 0 Å². The van der Waals surface area contributed by atoms with E-state index in [0.717, 1.165) is 47.4 Å². The number of hydrogen-bond donors (Lipinski definition) is 1. The van der Waals surface area contributed by atoms with Crippen LogP contribution in [0.25, 0.3) is 22.1 Å². The van der Waals surface area contributed by atoms with Gasteiger partial charge in [0.15, 0.2) is 11.4 Å². The number of fused-ring (bicyclic) bond motifs is 3. The highest BCUT2D eigenvalue weighted by Gasteiger charge is 2.34. The van der Waals surface area contributed by atoms with E-state index in [0.29, 0.717) is 5.02 Å². The molecule has 2 aromatic heterocycles. The molecule has 1 atom stereocenters. The number of benzene rings is 1. The molecule has 114 valence electrons. The minimum Gasteiger partial charge on any atom is -0.450 e. The standard InChI is InChI=1S/C16H17ClN4O/c1-16(18-2)5-6-21(8-16)15-14-13(19-9-20-15)11-7-10(17)3-4-12(11)22-14/h3-4,7,9,18H,5-6,8H2,1-2H3/t16-/m1/s1. The van der Waals surface area contributed by atoms with Crippen molar-refractivity contribution in [1.82, 2.24) is 15.3 Å². The summed E-state index contributed by atoms with van der Waals surface area (Å²) in [6, 6.07) is 5.60. The molecule has 3 heterocycles. The zero-order valence-corrected chi connectivity index (χ0v) is 13.3. The molecular formula is C16H17ClN4O. The monoisotopic (exact) mass is 316 g/mol. The van der Waals surface area contributed by atoms with Crippen LogP contribution in [-0.2, 0) is 0 Å². The van der Waals surface area contributed by atoms with E-state index in [2.05, 4.69) is 27.1 Å². The number of hydrogen-bond acceptors (Lipinski definition) is 5. The molecule has 1 aliphatic heterocycles. The minimum absolute atomic E-state index is 0.104. The number of furan rings is 1. The molecule has 1 aromatic carbocycles. The maximum Gasteiger partial charge on any atom is 0.196 e. The van der Waals surface area contributed by atoms with Crippen molar-refractivity contribution >= 4 is 39.5 Å². The topological polar surface area (TPSA) is 54.2 Å². The summed E-state index contributed by atoms with van der Waals surface area (Å²) in [6.07, 6.45) is 2.67. The molecule has 0 saturated carbocycles. The molecule has 5 nitrogen and oxygen atoms in total. The van der Waals surface area contributed by atoms with E-state index in [9.17, 15) is 0 Å². The van der Waals surface area contributed by atoms with Crippen molar-refractivity contribution in [3.05, 3.63) is 29.5 Å². The summed E-state index contributed by atoms with van der Waals surface area (Å²) in [6.45, 7) is 4.07. The van der Waals surface area contributed by atoms with E-state index in [-0.39, 0.29) is 5.54 Å². The Morgan fingerprint density at radius 2 is 2.23 bits per heavy atom. The summed E-state index contributed by atoms with van der Waals surface area (Å²) in [5, 5.41) is 5.00. The SMILES string of the molecule is CN[C@]1(C)CCN(c2ncnc3c2oc2ccc(Cl)cc23)C1. The molecule has 0 radical (unpaired) electrons. The Morgan fingerprint density at radius 3 is 3.00 bits per heavy atom. The Morgan fingerprint density at radius 1 is 1.36 bits per heavy atom. The quantitative estimate of drug-likeness (QED) is 0.786. The van der Waals surface area contributed by atoms with Gasteiger partial charge in [-0.1, -0.05) is 11.6 Å². The van der Waals surface area contributed by atoms with E-state index in [1.54, 1.807) is 6.33 Å². The van der Waals surface area contributed by atoms with Crippen molar-refractivity contribution in [3.63, 3.8) is 0 Å². The van der Waals surface area contributed by atoms with Crippen molar-refractivity contribution < 1.29 is 4.42 Å². The smallest absolute Gasteiger partial charge is 0.196 e. The average Bonchev–Trinajstić information content (AvgIpc) is 3.08. The first-order valence-electron chi connectivity index (χ1n) is 7.36. The summed E-state index contributed by atoms with van der Waals surface area (Å²) in [5.41, 5.74) is 2.45. The predicted octanol–water partition coefficient (Wildman–Crippen LogP) is 3.22. The number of aromatic nitrogens is 2. The lowest BCUT2D eigenvalue weighted by Gasteiger charge is -2.24. The third-order valence-electron chi connectivity index (χ3n) is 4.57. The second kappa shape index (κ2) is 4.83. The maximum absolute atomic E-state index is 6.10. The van der Waals surface area contributed by atoms with E-state index >= 15 is 0 Å². The van der Waals surface area contributed by atoms with Crippen LogP contribution in [0.5, 0.6) is 0 Å². The lowest BCUT2D eigenvalue weighted by Crippen LogP contribution is -2.42. The van der Waals surface area contributed by atoms with Crippen molar-refractivity contribution in [2.45, 2.75) is 18.9 Å². The molecule has 22 heavy (non-hydrogen) atoms. The Hall–Kier alpha value is -1.85. The van der Waals surface area contributed by atoms with Gasteiger partial charge in [0, 0.05) is 29.0 Å². The van der Waals surface area contributed by atoms with Crippen molar-refractivity contribution in [2.75, 3.05) is 25.0 Å². The van der Waals surface area contributed by atoms with Crippen molar-refractivity contribution in [1.29, 1.82) is 0 Å². The zero-order chi connectivity index (χ0) is 15.3. The summed E-state index contributed by atoms with van der Waals surface area (Å²) in [7, 11) is 2.00. The molecule has 1 fully saturated rings. The Kier molecular flexibility index (Phi) is 3.03. The van der Waals surface area contributed by atoms with Crippen LogP contribution in [-0.4, -0.2) is 35.6 Å². The highest BCUT2D eigenvalue weighted by molar-refractivity contribution is 6.31. The molecule has 0 amide bonds. The lowest BCUT2D eigenvalue weighted by atomic mass is 10.0. The van der Waals surface area contributed by atoms with Crippen molar-refractivity contribution in [2.24, 2.45) is 0 Å². The average molecular weight is 317 g/mol. The first-order valence-corrected chi connectivity index (χ1v) is 7.74. The molecule has 0 unspecified atom stereocenters. The van der Waals surface area contributed by atoms with Crippen LogP contribution in [0, 0.1) is 0 Å². The van der Waals surface area contributed by atoms with Gasteiger partial charge in [0.2, 0.25) is 0 Å². The van der Waals surface area contributed by atoms with Gasteiger partial charge in [-0.2, -0.15) is 0 Å². The molecule has 6 heteroatoms. The number of nitrogens with one attached hydrogen (secondary N) is 1. The highest BCUT2D eigenvalue weighted by Crippen LogP contribution is 2.35. The van der Waals surface area contributed by atoms with Crippen LogP contribution in [0.2, 0.25) is 5.02 Å². The van der Waals surface area contributed by atoms with Gasteiger partial charge in [0.1, 0.15) is 17.4 Å². The number of halogens is 1. The maximum atomic E-state index is 6.10. The van der Waals surface area contributed by atoms with Crippen LogP contribution in [0.1, 0.15) is 13.3 Å². The summed E-state index contributed by atoms with van der Waals surface area (Å²) >= 11 is 6.10. The molecule has 4 rings (SSSR count). The fourth-order valence-corrected chi connectivity index (χ4v) is 3.28. The van der Waals surface area contributed by atoms with Crippen LogP contribution in [0.4, 0.5) is 5.82 Å². The lowest BCUT2D eigenvalue weighted by molar-refractivity contribution is 0.428. The van der Waals surface area contributed by atoms with Crippen LogP contribution < -0.4 is 10.2 Å². The Labute approximate surface area is 133 Å². The predicted molar refractivity (Wildman–Crippen MR) is 88.6 cm³/mol. The van der Waals surface area contributed by atoms with Gasteiger partial charge < -0.3 is 14.6 Å². The van der Waals surface area contributed by atoms with Crippen LogP contribution in [0.3, 0.4) is 0 Å². The van der Waals surface area contributed by atoms with E-state index in [1.165, 1.54) is 0 Å². The van der Waals surface area contributed by atoms with E-state index in [1.807, 2.05) is 25.2 Å². The van der Waals surface area contributed by atoms with Gasteiger partial charge in [-0.05, 0) is 38.6 Å². The van der Waals surface area contributed by atoms with Gasteiger partial charge in [0.25, 0.3) is 0 Å². The Balaban J connectivity index is 1.87. The third-order valence-corrected chi connectivity index (χ3v) is 4.81. The van der Waals surface area contributed by atoms with E-state index in [4.69, 9.17) is 16.0 Å². The first-order chi connectivity index (χ1) is 10.6. The molecule has 1 N–H and O–H groups in total. The second-order valence-electron chi connectivity index (χ2n) is 6.10. The number of likely N-dealkylation sites (N-methyl/N-ethyl adjacent to an activating group) is 1. The fraction of sp³-hybridized carbons (Fsp3) is 0.375. The number of anilines is 1. The zero-order valence-electron chi connectivity index (χ0n) is 12.6. The van der Waals surface area contributed by atoms with Crippen LogP contribution in [0.15, 0.2) is 28.9 Å². The van der Waals surface area contributed by atoms with Gasteiger partial charge in [-0.25, -0.2) is 9.97 Å². The molecular weight excluding hydrogens is 300 g/mol. The molecule has 3 aromatic rings. The van der Waals surface area contributed by atoms with Crippen molar-refractivity contribution in [3.8, 4) is 0 Å². The van der Waals surface area contributed by atoms with Gasteiger partial charge >= 0.3 is 0 Å². The highest BCUT2D eigenvalue weighted by atomic mass is 35.5. The normalized spacial score (nSPS) is 22.0. The van der Waals surface area contributed by atoms with Gasteiger partial charge in [-0.15, -0.1) is 0 Å². The summed E-state index contributed by atoms with van der Waals surface area (Å²) in [5.74, 6) is 0.858. The second-order valence-corrected chi connectivity index (χ2v) is 6.54. The van der Waals surface area contributed by atoms with E-state index < -0.39 is 0 Å². The molecule has 0 spiro atoms. The summed E-state index contributed by atoms with van der Waals surface area (Å²) < 4.78 is 6.01. The molecule has 1 aliphatic rings. The Bertz CT molecular complexity index is 862. The largest absolute Gasteiger partial charge is 0.450 e.